The predicted octanol–water partition coefficient (Wildman–Crippen LogP) is 4.40. The summed E-state index contributed by atoms with van der Waals surface area (Å²) in [6, 6.07) is 0. The zero-order valence-corrected chi connectivity index (χ0v) is 10.7. The molecule has 0 rings (SSSR count). The molecule has 0 aromatic rings. The van der Waals surface area contributed by atoms with Crippen LogP contribution >= 0.6 is 21.6 Å². The lowest BCUT2D eigenvalue weighted by molar-refractivity contribution is 0.121. The molecule has 0 atom stereocenters. The normalized spacial score (nSPS) is 12.7. The molecule has 0 aliphatic carbocycles. The Hall–Kier alpha value is -0.120. The van der Waals surface area contributed by atoms with Crippen molar-refractivity contribution < 1.29 is 4.74 Å². The second-order valence-corrected chi connectivity index (χ2v) is 5.15. The van der Waals surface area contributed by atoms with Crippen LogP contribution in [0.4, 0.5) is 0 Å². The van der Waals surface area contributed by atoms with Gasteiger partial charge in [0.05, 0.1) is 6.10 Å². The lowest BCUT2D eigenvalue weighted by atomic mass is 10.4. The first-order valence-corrected chi connectivity index (χ1v) is 6.89. The van der Waals surface area contributed by atoms with Gasteiger partial charge in [0.2, 0.25) is 0 Å². The summed E-state index contributed by atoms with van der Waals surface area (Å²) in [4.78, 5) is 1.15. The molecule has 0 spiro atoms. The number of ether oxygens (including phenoxy) is 1. The van der Waals surface area contributed by atoms with Crippen LogP contribution in [0.5, 0.6) is 0 Å². The SMILES string of the molecule is C=C/C(=C\C=C/C)SSCOC(C)C. The smallest absolute Gasteiger partial charge is 0.103 e. The molecule has 0 aromatic carbocycles. The van der Waals surface area contributed by atoms with Gasteiger partial charge in [-0.2, -0.15) is 0 Å². The first-order chi connectivity index (χ1) is 6.70. The summed E-state index contributed by atoms with van der Waals surface area (Å²) in [6.45, 7) is 9.82. The summed E-state index contributed by atoms with van der Waals surface area (Å²) in [6.07, 6.45) is 8.20. The minimum absolute atomic E-state index is 0.301. The molecule has 0 aliphatic heterocycles. The van der Waals surface area contributed by atoms with Crippen molar-refractivity contribution in [2.24, 2.45) is 0 Å². The fraction of sp³-hybridized carbons (Fsp3) is 0.455. The van der Waals surface area contributed by atoms with E-state index < -0.39 is 0 Å². The Morgan fingerprint density at radius 2 is 2.21 bits per heavy atom. The van der Waals surface area contributed by atoms with Crippen LogP contribution in [0.2, 0.25) is 0 Å². The van der Waals surface area contributed by atoms with Gasteiger partial charge >= 0.3 is 0 Å². The van der Waals surface area contributed by atoms with E-state index in [4.69, 9.17) is 4.74 Å². The second-order valence-electron chi connectivity index (χ2n) is 2.83. The highest BCUT2D eigenvalue weighted by molar-refractivity contribution is 8.78. The number of hydrogen-bond donors (Lipinski definition) is 0. The second kappa shape index (κ2) is 9.44. The molecule has 0 N–H and O–H groups in total. The van der Waals surface area contributed by atoms with Crippen molar-refractivity contribution in [2.45, 2.75) is 26.9 Å². The number of rotatable bonds is 7. The van der Waals surface area contributed by atoms with E-state index in [-0.39, 0.29) is 0 Å². The van der Waals surface area contributed by atoms with Gasteiger partial charge in [-0.3, -0.25) is 0 Å². The lowest BCUT2D eigenvalue weighted by Gasteiger charge is -2.06. The van der Waals surface area contributed by atoms with E-state index in [0.29, 0.717) is 12.0 Å². The van der Waals surface area contributed by atoms with Crippen molar-refractivity contribution in [3.63, 3.8) is 0 Å². The third-order valence-electron chi connectivity index (χ3n) is 1.26. The van der Waals surface area contributed by atoms with Crippen molar-refractivity contribution in [3.8, 4) is 0 Å². The van der Waals surface area contributed by atoms with E-state index in [2.05, 4.69) is 6.58 Å². The van der Waals surface area contributed by atoms with Gasteiger partial charge in [-0.25, -0.2) is 0 Å². The van der Waals surface area contributed by atoms with Crippen LogP contribution in [-0.2, 0) is 4.74 Å². The quantitative estimate of drug-likeness (QED) is 0.278. The fourth-order valence-corrected chi connectivity index (χ4v) is 2.38. The molecule has 0 unspecified atom stereocenters. The Morgan fingerprint density at radius 3 is 2.71 bits per heavy atom. The maximum absolute atomic E-state index is 5.40. The van der Waals surface area contributed by atoms with Crippen LogP contribution < -0.4 is 0 Å². The van der Waals surface area contributed by atoms with Crippen LogP contribution in [0.3, 0.4) is 0 Å². The van der Waals surface area contributed by atoms with E-state index >= 15 is 0 Å². The lowest BCUT2D eigenvalue weighted by Crippen LogP contribution is -1.99. The van der Waals surface area contributed by atoms with E-state index in [1.54, 1.807) is 21.6 Å². The molecule has 0 aromatic heterocycles. The van der Waals surface area contributed by atoms with Gasteiger partial charge in [-0.15, -0.1) is 0 Å². The standard InChI is InChI=1S/C11H18OS2/c1-5-7-8-11(6-2)14-13-9-12-10(3)4/h5-8,10H,2,9H2,1,3-4H3/b7-5-,11-8+. The topological polar surface area (TPSA) is 9.23 Å². The van der Waals surface area contributed by atoms with E-state index in [9.17, 15) is 0 Å². The molecule has 3 heteroatoms. The van der Waals surface area contributed by atoms with Crippen LogP contribution in [0.15, 0.2) is 35.8 Å². The van der Waals surface area contributed by atoms with Crippen molar-refractivity contribution in [3.05, 3.63) is 35.8 Å². The number of allylic oxidation sites excluding steroid dienone is 4. The van der Waals surface area contributed by atoms with Crippen LogP contribution in [0.1, 0.15) is 20.8 Å². The highest BCUT2D eigenvalue weighted by atomic mass is 33.1. The van der Waals surface area contributed by atoms with Crippen LogP contribution in [0, 0.1) is 0 Å². The number of hydrogen-bond acceptors (Lipinski definition) is 3. The molecular weight excluding hydrogens is 212 g/mol. The monoisotopic (exact) mass is 230 g/mol. The molecule has 0 bridgehead atoms. The Balaban J connectivity index is 3.68. The molecule has 0 heterocycles. The molecule has 0 saturated carbocycles. The van der Waals surface area contributed by atoms with Crippen molar-refractivity contribution in [1.29, 1.82) is 0 Å². The summed E-state index contributed by atoms with van der Waals surface area (Å²) >= 11 is 0. The van der Waals surface area contributed by atoms with Crippen molar-refractivity contribution in [1.82, 2.24) is 0 Å². The third kappa shape index (κ3) is 8.48. The van der Waals surface area contributed by atoms with Gasteiger partial charge in [0.15, 0.2) is 0 Å². The molecule has 0 aliphatic rings. The van der Waals surface area contributed by atoms with Gasteiger partial charge in [-0.1, -0.05) is 46.4 Å². The largest absolute Gasteiger partial charge is 0.367 e. The average molecular weight is 230 g/mol. The van der Waals surface area contributed by atoms with E-state index in [1.165, 1.54) is 0 Å². The first kappa shape index (κ1) is 13.9. The van der Waals surface area contributed by atoms with Gasteiger partial charge in [0.25, 0.3) is 0 Å². The Bertz CT molecular complexity index is 207. The molecule has 80 valence electrons. The first-order valence-electron chi connectivity index (χ1n) is 4.57. The summed E-state index contributed by atoms with van der Waals surface area (Å²) in [5.74, 6) is 0.712. The third-order valence-corrected chi connectivity index (χ3v) is 3.32. The Kier molecular flexibility index (Phi) is 9.35. The minimum atomic E-state index is 0.301. The van der Waals surface area contributed by atoms with Crippen molar-refractivity contribution >= 4 is 21.6 Å². The molecule has 0 saturated heterocycles. The molecule has 14 heavy (non-hydrogen) atoms. The summed E-state index contributed by atoms with van der Waals surface area (Å²) in [5, 5.41) is 0. The van der Waals surface area contributed by atoms with Gasteiger partial charge < -0.3 is 4.74 Å². The van der Waals surface area contributed by atoms with Crippen LogP contribution in [-0.4, -0.2) is 12.0 Å². The molecule has 0 radical (unpaired) electrons. The molecule has 1 nitrogen and oxygen atoms in total. The van der Waals surface area contributed by atoms with E-state index in [0.717, 1.165) is 4.91 Å². The highest BCUT2D eigenvalue weighted by Gasteiger charge is 1.95. The molecule has 0 fully saturated rings. The van der Waals surface area contributed by atoms with Gasteiger partial charge in [0, 0.05) is 4.91 Å². The predicted molar refractivity (Wildman–Crippen MR) is 69.4 cm³/mol. The average Bonchev–Trinajstić information content (AvgIpc) is 2.16. The fourth-order valence-electron chi connectivity index (χ4n) is 0.577. The van der Waals surface area contributed by atoms with Gasteiger partial charge in [0.1, 0.15) is 5.94 Å². The maximum Gasteiger partial charge on any atom is 0.103 e. The Labute approximate surface area is 95.1 Å². The zero-order chi connectivity index (χ0) is 10.8. The highest BCUT2D eigenvalue weighted by Crippen LogP contribution is 2.30. The molecule has 0 amide bonds. The summed E-state index contributed by atoms with van der Waals surface area (Å²) in [7, 11) is 3.37. The Morgan fingerprint density at radius 1 is 1.50 bits per heavy atom. The summed E-state index contributed by atoms with van der Waals surface area (Å²) in [5.41, 5.74) is 0. The maximum atomic E-state index is 5.40. The summed E-state index contributed by atoms with van der Waals surface area (Å²) < 4.78 is 5.40. The van der Waals surface area contributed by atoms with Gasteiger partial charge in [-0.05, 0) is 26.8 Å². The van der Waals surface area contributed by atoms with E-state index in [1.807, 2.05) is 45.1 Å². The van der Waals surface area contributed by atoms with Crippen LogP contribution in [0.25, 0.3) is 0 Å². The zero-order valence-electron chi connectivity index (χ0n) is 9.03. The van der Waals surface area contributed by atoms with Crippen molar-refractivity contribution in [2.75, 3.05) is 5.94 Å². The molecular formula is C11H18OS2. The minimum Gasteiger partial charge on any atom is -0.367 e.